The average molecular weight is 527 g/mol. The number of ether oxygens (including phenoxy) is 2. The standard InChI is InChI=1S/C24H20Cl2N6O4/c1-12-18-19(13-5-7-14(25)8-6-13)31(15-9-16(26)22(33)30(2)11-15)23(34)20(18)32(29-12)17-10-27-24(36-4)28-21(17)35-3/h5-11,19H,1-4H3. The van der Waals surface area contributed by atoms with Gasteiger partial charge >= 0.3 is 6.01 Å². The summed E-state index contributed by atoms with van der Waals surface area (Å²) in [5, 5.41) is 5.21. The van der Waals surface area contributed by atoms with E-state index >= 15 is 0 Å². The van der Waals surface area contributed by atoms with E-state index in [-0.39, 0.29) is 28.4 Å². The molecule has 0 fully saturated rings. The van der Waals surface area contributed by atoms with Crippen molar-refractivity contribution in [1.29, 1.82) is 0 Å². The number of hydrogen-bond donors (Lipinski definition) is 0. The molecular formula is C24H20Cl2N6O4. The second-order valence-electron chi connectivity index (χ2n) is 8.10. The molecular weight excluding hydrogens is 507 g/mol. The summed E-state index contributed by atoms with van der Waals surface area (Å²) < 4.78 is 13.3. The molecule has 4 aromatic rings. The molecule has 4 heterocycles. The van der Waals surface area contributed by atoms with Gasteiger partial charge in [-0.1, -0.05) is 35.3 Å². The maximum Gasteiger partial charge on any atom is 0.319 e. The van der Waals surface area contributed by atoms with Gasteiger partial charge in [0.05, 0.1) is 37.8 Å². The van der Waals surface area contributed by atoms with Gasteiger partial charge < -0.3 is 14.0 Å². The van der Waals surface area contributed by atoms with Crippen LogP contribution in [0.5, 0.6) is 11.9 Å². The van der Waals surface area contributed by atoms with E-state index in [0.717, 1.165) is 5.56 Å². The highest BCUT2D eigenvalue weighted by atomic mass is 35.5. The highest BCUT2D eigenvalue weighted by molar-refractivity contribution is 6.31. The van der Waals surface area contributed by atoms with Gasteiger partial charge in [-0.15, -0.1) is 0 Å². The highest BCUT2D eigenvalue weighted by Crippen LogP contribution is 2.44. The van der Waals surface area contributed by atoms with Crippen LogP contribution in [0.1, 0.15) is 33.4 Å². The molecule has 12 heteroatoms. The van der Waals surface area contributed by atoms with Crippen molar-refractivity contribution in [3.05, 3.63) is 85.6 Å². The summed E-state index contributed by atoms with van der Waals surface area (Å²) in [5.41, 5.74) is 2.87. The minimum atomic E-state index is -0.558. The summed E-state index contributed by atoms with van der Waals surface area (Å²) in [4.78, 5) is 36.3. The van der Waals surface area contributed by atoms with Crippen LogP contribution in [0, 0.1) is 6.92 Å². The summed E-state index contributed by atoms with van der Waals surface area (Å²) in [6, 6.07) is 8.25. The van der Waals surface area contributed by atoms with Crippen LogP contribution in [0.25, 0.3) is 5.69 Å². The number of fused-ring (bicyclic) bond motifs is 1. The molecule has 10 nitrogen and oxygen atoms in total. The van der Waals surface area contributed by atoms with Crippen LogP contribution < -0.4 is 19.9 Å². The molecule has 1 unspecified atom stereocenters. The number of amides is 1. The van der Waals surface area contributed by atoms with E-state index in [1.807, 2.05) is 19.1 Å². The first kappa shape index (κ1) is 23.8. The number of carbonyl (C=O) groups excluding carboxylic acids is 1. The fourth-order valence-corrected chi connectivity index (χ4v) is 4.73. The third kappa shape index (κ3) is 3.69. The maximum absolute atomic E-state index is 14.1. The molecule has 1 aliphatic heterocycles. The van der Waals surface area contributed by atoms with Gasteiger partial charge in [-0.05, 0) is 30.7 Å². The van der Waals surface area contributed by atoms with E-state index in [0.29, 0.717) is 33.3 Å². The number of benzene rings is 1. The van der Waals surface area contributed by atoms with Crippen LogP contribution in [-0.2, 0) is 7.05 Å². The van der Waals surface area contributed by atoms with Gasteiger partial charge in [0.15, 0.2) is 0 Å². The second kappa shape index (κ2) is 8.96. The number of carbonyl (C=O) groups is 1. The maximum atomic E-state index is 14.1. The van der Waals surface area contributed by atoms with Crippen LogP contribution in [0.15, 0.2) is 47.5 Å². The van der Waals surface area contributed by atoms with Crippen molar-refractivity contribution in [2.75, 3.05) is 19.1 Å². The van der Waals surface area contributed by atoms with Crippen molar-refractivity contribution < 1.29 is 14.3 Å². The summed E-state index contributed by atoms with van der Waals surface area (Å²) >= 11 is 12.4. The van der Waals surface area contributed by atoms with Gasteiger partial charge in [-0.3, -0.25) is 14.5 Å². The van der Waals surface area contributed by atoms with E-state index in [4.69, 9.17) is 32.7 Å². The first-order valence-corrected chi connectivity index (χ1v) is 11.5. The average Bonchev–Trinajstić information content (AvgIpc) is 3.37. The summed E-state index contributed by atoms with van der Waals surface area (Å²) in [7, 11) is 4.48. The Hall–Kier alpha value is -3.89. The first-order chi connectivity index (χ1) is 17.2. The molecule has 5 rings (SSSR count). The number of pyridine rings is 1. The number of rotatable bonds is 5. The molecule has 1 aliphatic rings. The molecule has 1 amide bonds. The fourth-order valence-electron chi connectivity index (χ4n) is 4.36. The summed E-state index contributed by atoms with van der Waals surface area (Å²) in [6.45, 7) is 1.82. The lowest BCUT2D eigenvalue weighted by atomic mass is 9.99. The van der Waals surface area contributed by atoms with Gasteiger partial charge in [0, 0.05) is 23.8 Å². The number of nitrogens with zero attached hydrogens (tertiary/aromatic N) is 6. The number of hydrogen-bond acceptors (Lipinski definition) is 7. The van der Waals surface area contributed by atoms with Gasteiger partial charge in [0.25, 0.3) is 11.5 Å². The highest BCUT2D eigenvalue weighted by Gasteiger charge is 2.44. The number of aromatic nitrogens is 5. The Labute approximate surface area is 215 Å². The largest absolute Gasteiger partial charge is 0.479 e. The van der Waals surface area contributed by atoms with E-state index in [2.05, 4.69) is 15.1 Å². The zero-order valence-electron chi connectivity index (χ0n) is 19.7. The Morgan fingerprint density at radius 2 is 1.78 bits per heavy atom. The summed E-state index contributed by atoms with van der Waals surface area (Å²) in [5.74, 6) is -0.162. The van der Waals surface area contributed by atoms with Gasteiger partial charge in [-0.25, -0.2) is 9.67 Å². The molecule has 0 aliphatic carbocycles. The van der Waals surface area contributed by atoms with Crippen molar-refractivity contribution in [3.63, 3.8) is 0 Å². The SMILES string of the molecule is COc1ncc(-n2nc(C)c3c2C(=O)N(c2cc(Cl)c(=O)n(C)c2)C3c2ccc(Cl)cc2)c(OC)n1. The lowest BCUT2D eigenvalue weighted by molar-refractivity contribution is 0.0986. The predicted molar refractivity (Wildman–Crippen MR) is 134 cm³/mol. The predicted octanol–water partition coefficient (Wildman–Crippen LogP) is 3.74. The molecule has 36 heavy (non-hydrogen) atoms. The molecule has 3 aromatic heterocycles. The van der Waals surface area contributed by atoms with Crippen molar-refractivity contribution in [2.24, 2.45) is 7.05 Å². The quantitative estimate of drug-likeness (QED) is 0.390. The smallest absolute Gasteiger partial charge is 0.319 e. The second-order valence-corrected chi connectivity index (χ2v) is 8.95. The molecule has 0 N–H and O–H groups in total. The molecule has 0 bridgehead atoms. The van der Waals surface area contributed by atoms with Crippen LogP contribution >= 0.6 is 23.2 Å². The number of halogens is 2. The fraction of sp³-hybridized carbons (Fsp3) is 0.208. The molecule has 1 atom stereocenters. The Morgan fingerprint density at radius 3 is 2.42 bits per heavy atom. The van der Waals surface area contributed by atoms with E-state index in [1.165, 1.54) is 35.7 Å². The lowest BCUT2D eigenvalue weighted by Gasteiger charge is -2.27. The normalized spacial score (nSPS) is 14.8. The minimum Gasteiger partial charge on any atom is -0.479 e. The molecule has 0 saturated heterocycles. The Balaban J connectivity index is 1.77. The van der Waals surface area contributed by atoms with Crippen molar-refractivity contribution in [3.8, 4) is 17.6 Å². The van der Waals surface area contributed by atoms with E-state index in [1.54, 1.807) is 30.3 Å². The van der Waals surface area contributed by atoms with Crippen molar-refractivity contribution in [2.45, 2.75) is 13.0 Å². The van der Waals surface area contributed by atoms with Crippen LogP contribution in [-0.4, -0.2) is 44.4 Å². The Morgan fingerprint density at radius 1 is 1.06 bits per heavy atom. The summed E-state index contributed by atoms with van der Waals surface area (Å²) in [6.07, 6.45) is 3.05. The first-order valence-electron chi connectivity index (χ1n) is 10.7. The minimum absolute atomic E-state index is 0.00261. The molecule has 0 spiro atoms. The lowest BCUT2D eigenvalue weighted by Crippen LogP contribution is -2.31. The van der Waals surface area contributed by atoms with Crippen molar-refractivity contribution >= 4 is 34.8 Å². The van der Waals surface area contributed by atoms with Crippen LogP contribution in [0.4, 0.5) is 5.69 Å². The van der Waals surface area contributed by atoms with Gasteiger partial charge in [-0.2, -0.15) is 10.1 Å². The molecule has 0 saturated carbocycles. The molecule has 1 aromatic carbocycles. The topological polar surface area (TPSA) is 104 Å². The third-order valence-electron chi connectivity index (χ3n) is 5.97. The number of anilines is 1. The van der Waals surface area contributed by atoms with Crippen LogP contribution in [0.2, 0.25) is 10.0 Å². The van der Waals surface area contributed by atoms with E-state index in [9.17, 15) is 9.59 Å². The zero-order chi connectivity index (χ0) is 25.7. The Kier molecular flexibility index (Phi) is 5.93. The molecule has 0 radical (unpaired) electrons. The molecule has 184 valence electrons. The van der Waals surface area contributed by atoms with Crippen LogP contribution in [0.3, 0.4) is 0 Å². The van der Waals surface area contributed by atoms with E-state index < -0.39 is 6.04 Å². The van der Waals surface area contributed by atoms with Gasteiger partial charge in [0.1, 0.15) is 16.4 Å². The van der Waals surface area contributed by atoms with Crippen molar-refractivity contribution in [1.82, 2.24) is 24.3 Å². The number of methoxy groups -OCH3 is 2. The third-order valence-corrected chi connectivity index (χ3v) is 6.49. The Bertz CT molecular complexity index is 1540. The zero-order valence-corrected chi connectivity index (χ0v) is 21.2. The van der Waals surface area contributed by atoms with Gasteiger partial charge in [0.2, 0.25) is 5.88 Å². The number of aryl methyl sites for hydroxylation is 2. The monoisotopic (exact) mass is 526 g/mol.